The van der Waals surface area contributed by atoms with Crippen LogP contribution in [0.25, 0.3) is 0 Å². The predicted octanol–water partition coefficient (Wildman–Crippen LogP) is 2.55. The van der Waals surface area contributed by atoms with Crippen LogP contribution < -0.4 is 10.6 Å². The SMILES string of the molecule is CNCCCC(=O)NC1CCc2c(Br)cccc21. The smallest absolute Gasteiger partial charge is 0.220 e. The molecule has 1 aromatic carbocycles. The first-order chi connectivity index (χ1) is 8.72. The van der Waals surface area contributed by atoms with Crippen molar-refractivity contribution in [3.63, 3.8) is 0 Å². The van der Waals surface area contributed by atoms with E-state index < -0.39 is 0 Å². The molecule has 0 spiro atoms. The monoisotopic (exact) mass is 310 g/mol. The summed E-state index contributed by atoms with van der Waals surface area (Å²) < 4.78 is 1.16. The van der Waals surface area contributed by atoms with Crippen molar-refractivity contribution in [2.45, 2.75) is 31.7 Å². The van der Waals surface area contributed by atoms with E-state index in [9.17, 15) is 4.79 Å². The topological polar surface area (TPSA) is 41.1 Å². The van der Waals surface area contributed by atoms with Crippen LogP contribution in [0.2, 0.25) is 0 Å². The Hall–Kier alpha value is -0.870. The average Bonchev–Trinajstić information content (AvgIpc) is 2.74. The maximum atomic E-state index is 11.8. The molecular weight excluding hydrogens is 292 g/mol. The highest BCUT2D eigenvalue weighted by atomic mass is 79.9. The number of benzene rings is 1. The molecule has 1 aliphatic rings. The van der Waals surface area contributed by atoms with Crippen molar-refractivity contribution in [2.24, 2.45) is 0 Å². The highest BCUT2D eigenvalue weighted by Gasteiger charge is 2.24. The van der Waals surface area contributed by atoms with Gasteiger partial charge in [-0.25, -0.2) is 0 Å². The third-order valence-electron chi connectivity index (χ3n) is 3.38. The summed E-state index contributed by atoms with van der Waals surface area (Å²) in [6.07, 6.45) is 3.54. The van der Waals surface area contributed by atoms with E-state index in [0.717, 1.165) is 30.3 Å². The van der Waals surface area contributed by atoms with E-state index in [1.165, 1.54) is 11.1 Å². The van der Waals surface area contributed by atoms with Gasteiger partial charge in [0.1, 0.15) is 0 Å². The second-order valence-electron chi connectivity index (χ2n) is 4.67. The number of hydrogen-bond donors (Lipinski definition) is 2. The molecule has 0 aliphatic heterocycles. The minimum atomic E-state index is 0.156. The highest BCUT2D eigenvalue weighted by molar-refractivity contribution is 9.10. The molecule has 1 amide bonds. The Bertz CT molecular complexity index is 434. The number of fused-ring (bicyclic) bond motifs is 1. The third kappa shape index (κ3) is 3.12. The zero-order valence-corrected chi connectivity index (χ0v) is 12.2. The molecule has 3 nitrogen and oxygen atoms in total. The molecule has 1 atom stereocenters. The molecule has 0 bridgehead atoms. The molecule has 98 valence electrons. The Balaban J connectivity index is 1.93. The van der Waals surface area contributed by atoms with Gasteiger partial charge in [-0.2, -0.15) is 0 Å². The minimum Gasteiger partial charge on any atom is -0.349 e. The van der Waals surface area contributed by atoms with Crippen LogP contribution in [-0.4, -0.2) is 19.5 Å². The van der Waals surface area contributed by atoms with Crippen molar-refractivity contribution in [3.8, 4) is 0 Å². The third-order valence-corrected chi connectivity index (χ3v) is 4.12. The summed E-state index contributed by atoms with van der Waals surface area (Å²) >= 11 is 3.57. The van der Waals surface area contributed by atoms with Crippen LogP contribution >= 0.6 is 15.9 Å². The van der Waals surface area contributed by atoms with E-state index in [-0.39, 0.29) is 11.9 Å². The van der Waals surface area contributed by atoms with Crippen molar-refractivity contribution in [2.75, 3.05) is 13.6 Å². The second-order valence-corrected chi connectivity index (χ2v) is 5.53. The summed E-state index contributed by atoms with van der Waals surface area (Å²) in [7, 11) is 1.91. The lowest BCUT2D eigenvalue weighted by Crippen LogP contribution is -2.27. The van der Waals surface area contributed by atoms with E-state index in [1.807, 2.05) is 13.1 Å². The van der Waals surface area contributed by atoms with Gasteiger partial charge in [-0.05, 0) is 50.0 Å². The van der Waals surface area contributed by atoms with Crippen molar-refractivity contribution in [1.29, 1.82) is 0 Å². The number of rotatable bonds is 5. The minimum absolute atomic E-state index is 0.156. The van der Waals surface area contributed by atoms with Gasteiger partial charge in [0.25, 0.3) is 0 Å². The highest BCUT2D eigenvalue weighted by Crippen LogP contribution is 2.35. The van der Waals surface area contributed by atoms with Gasteiger partial charge in [0, 0.05) is 10.9 Å². The molecule has 0 heterocycles. The number of halogens is 1. The molecule has 4 heteroatoms. The number of hydrogen-bond acceptors (Lipinski definition) is 2. The Kier molecular flexibility index (Phi) is 4.78. The van der Waals surface area contributed by atoms with Crippen LogP contribution in [0.1, 0.15) is 36.4 Å². The van der Waals surface area contributed by atoms with Gasteiger partial charge in [0.15, 0.2) is 0 Å². The number of carbonyl (C=O) groups excluding carboxylic acids is 1. The standard InChI is InChI=1S/C14H19BrN2O/c1-16-9-3-6-14(18)17-13-8-7-10-11(13)4-2-5-12(10)15/h2,4-5,13,16H,3,6-9H2,1H3,(H,17,18). The fraction of sp³-hybridized carbons (Fsp3) is 0.500. The Morgan fingerprint density at radius 1 is 1.50 bits per heavy atom. The molecule has 1 unspecified atom stereocenters. The summed E-state index contributed by atoms with van der Waals surface area (Å²) in [6, 6.07) is 6.41. The van der Waals surface area contributed by atoms with Crippen LogP contribution in [0.15, 0.2) is 22.7 Å². The van der Waals surface area contributed by atoms with Gasteiger partial charge >= 0.3 is 0 Å². The van der Waals surface area contributed by atoms with Gasteiger partial charge in [-0.15, -0.1) is 0 Å². The first kappa shape index (κ1) is 13.6. The summed E-state index contributed by atoms with van der Waals surface area (Å²) in [5.41, 5.74) is 2.62. The zero-order chi connectivity index (χ0) is 13.0. The maximum absolute atomic E-state index is 11.8. The molecule has 1 aromatic rings. The lowest BCUT2D eigenvalue weighted by atomic mass is 10.1. The summed E-state index contributed by atoms with van der Waals surface area (Å²) in [5, 5.41) is 6.19. The van der Waals surface area contributed by atoms with Gasteiger partial charge in [0.05, 0.1) is 6.04 Å². The first-order valence-electron chi connectivity index (χ1n) is 6.43. The lowest BCUT2D eigenvalue weighted by molar-refractivity contribution is -0.121. The van der Waals surface area contributed by atoms with Crippen molar-refractivity contribution in [3.05, 3.63) is 33.8 Å². The quantitative estimate of drug-likeness (QED) is 0.821. The second kappa shape index (κ2) is 6.34. The van der Waals surface area contributed by atoms with E-state index >= 15 is 0 Å². The average molecular weight is 311 g/mol. The van der Waals surface area contributed by atoms with Crippen molar-refractivity contribution < 1.29 is 4.79 Å². The fourth-order valence-electron chi connectivity index (χ4n) is 2.45. The number of carbonyl (C=O) groups is 1. The van der Waals surface area contributed by atoms with Crippen LogP contribution in [0.4, 0.5) is 0 Å². The van der Waals surface area contributed by atoms with Gasteiger partial charge in [-0.1, -0.05) is 28.1 Å². The van der Waals surface area contributed by atoms with Gasteiger partial charge in [0.2, 0.25) is 5.91 Å². The zero-order valence-electron chi connectivity index (χ0n) is 10.6. The van der Waals surface area contributed by atoms with Crippen molar-refractivity contribution in [1.82, 2.24) is 10.6 Å². The van der Waals surface area contributed by atoms with E-state index in [2.05, 4.69) is 38.7 Å². The molecule has 2 rings (SSSR count). The normalized spacial score (nSPS) is 17.6. The first-order valence-corrected chi connectivity index (χ1v) is 7.23. The summed E-state index contributed by atoms with van der Waals surface area (Å²) in [5.74, 6) is 0.156. The van der Waals surface area contributed by atoms with Crippen LogP contribution in [0.3, 0.4) is 0 Å². The van der Waals surface area contributed by atoms with E-state index in [0.29, 0.717) is 6.42 Å². The summed E-state index contributed by atoms with van der Waals surface area (Å²) in [4.78, 5) is 11.8. The Labute approximate surface area is 116 Å². The Morgan fingerprint density at radius 3 is 3.11 bits per heavy atom. The predicted molar refractivity (Wildman–Crippen MR) is 76.5 cm³/mol. The molecule has 0 saturated heterocycles. The van der Waals surface area contributed by atoms with E-state index in [4.69, 9.17) is 0 Å². The molecule has 18 heavy (non-hydrogen) atoms. The molecule has 2 N–H and O–H groups in total. The molecule has 1 aliphatic carbocycles. The largest absolute Gasteiger partial charge is 0.349 e. The Morgan fingerprint density at radius 2 is 2.33 bits per heavy atom. The fourth-order valence-corrected chi connectivity index (χ4v) is 3.03. The molecule has 0 saturated carbocycles. The lowest BCUT2D eigenvalue weighted by Gasteiger charge is -2.14. The number of amides is 1. The molecule has 0 aromatic heterocycles. The molecule has 0 fully saturated rings. The van der Waals surface area contributed by atoms with Crippen LogP contribution in [-0.2, 0) is 11.2 Å². The maximum Gasteiger partial charge on any atom is 0.220 e. The summed E-state index contributed by atoms with van der Waals surface area (Å²) in [6.45, 7) is 0.889. The molecular formula is C14H19BrN2O. The van der Waals surface area contributed by atoms with Crippen LogP contribution in [0.5, 0.6) is 0 Å². The van der Waals surface area contributed by atoms with Crippen molar-refractivity contribution >= 4 is 21.8 Å². The van der Waals surface area contributed by atoms with Crippen LogP contribution in [0, 0.1) is 0 Å². The molecule has 0 radical (unpaired) electrons. The van der Waals surface area contributed by atoms with Gasteiger partial charge < -0.3 is 10.6 Å². The number of nitrogens with one attached hydrogen (secondary N) is 2. The van der Waals surface area contributed by atoms with E-state index in [1.54, 1.807) is 0 Å². The van der Waals surface area contributed by atoms with Gasteiger partial charge in [-0.3, -0.25) is 4.79 Å².